The average molecular weight is 319 g/mol. The third kappa shape index (κ3) is 2.30. The number of carbonyl (C=O) groups is 1. The van der Waals surface area contributed by atoms with E-state index in [9.17, 15) is 4.79 Å². The molecule has 2 heterocycles. The van der Waals surface area contributed by atoms with Crippen LogP contribution in [-0.2, 0) is 12.0 Å². The Hall–Kier alpha value is -2.62. The zero-order valence-electron chi connectivity index (χ0n) is 14.0. The minimum Gasteiger partial charge on any atom is -0.343 e. The van der Waals surface area contributed by atoms with Crippen LogP contribution in [0.4, 0.5) is 0 Å². The number of nitrogens with zero attached hydrogens (tertiary/aromatic N) is 2. The van der Waals surface area contributed by atoms with Gasteiger partial charge in [0.2, 0.25) is 0 Å². The Morgan fingerprint density at radius 2 is 2.08 bits per heavy atom. The number of fused-ring (bicyclic) bond motifs is 2. The second kappa shape index (κ2) is 5.48. The number of aromatic nitrogens is 2. The summed E-state index contributed by atoms with van der Waals surface area (Å²) < 4.78 is 1.95. The molecule has 1 atom stereocenters. The third-order valence-electron chi connectivity index (χ3n) is 5.12. The minimum atomic E-state index is -0.329. The summed E-state index contributed by atoms with van der Waals surface area (Å²) in [5, 5.41) is 3.27. The van der Waals surface area contributed by atoms with Crippen molar-refractivity contribution in [3.63, 3.8) is 0 Å². The molecule has 1 aliphatic carbocycles. The van der Waals surface area contributed by atoms with Gasteiger partial charge in [-0.05, 0) is 56.4 Å². The molecule has 0 radical (unpaired) electrons. The SMILES string of the molecule is Cc1ccnc2c(C(=O)NC3(C)CCCc4ccccc43)ccn12. The predicted octanol–water partition coefficient (Wildman–Crippen LogP) is 3.62. The van der Waals surface area contributed by atoms with Crippen LogP contribution in [0, 0.1) is 6.92 Å². The Kier molecular flexibility index (Phi) is 3.41. The molecule has 0 spiro atoms. The lowest BCUT2D eigenvalue weighted by Gasteiger charge is -2.36. The summed E-state index contributed by atoms with van der Waals surface area (Å²) in [5.41, 5.74) is 4.64. The van der Waals surface area contributed by atoms with E-state index in [0.717, 1.165) is 25.0 Å². The molecule has 3 aromatic rings. The summed E-state index contributed by atoms with van der Waals surface area (Å²) in [6.45, 7) is 4.13. The molecule has 2 aromatic heterocycles. The predicted molar refractivity (Wildman–Crippen MR) is 94.1 cm³/mol. The zero-order valence-corrected chi connectivity index (χ0v) is 14.0. The molecule has 1 N–H and O–H groups in total. The molecule has 122 valence electrons. The summed E-state index contributed by atoms with van der Waals surface area (Å²) >= 11 is 0. The van der Waals surface area contributed by atoms with E-state index in [0.29, 0.717) is 11.2 Å². The summed E-state index contributed by atoms with van der Waals surface area (Å²) in [5.74, 6) is -0.0604. The molecule has 24 heavy (non-hydrogen) atoms. The summed E-state index contributed by atoms with van der Waals surface area (Å²) in [6, 6.07) is 12.2. The highest BCUT2D eigenvalue weighted by Crippen LogP contribution is 2.35. The summed E-state index contributed by atoms with van der Waals surface area (Å²) in [7, 11) is 0. The van der Waals surface area contributed by atoms with Crippen molar-refractivity contribution in [1.82, 2.24) is 14.7 Å². The van der Waals surface area contributed by atoms with Gasteiger partial charge in [-0.3, -0.25) is 4.79 Å². The molecule has 0 bridgehead atoms. The Labute approximate surface area is 141 Å². The Morgan fingerprint density at radius 3 is 2.96 bits per heavy atom. The maximum absolute atomic E-state index is 12.9. The molecule has 4 heteroatoms. The average Bonchev–Trinajstić information content (AvgIpc) is 3.01. The van der Waals surface area contributed by atoms with E-state index >= 15 is 0 Å². The quantitative estimate of drug-likeness (QED) is 0.784. The van der Waals surface area contributed by atoms with Crippen molar-refractivity contribution in [2.45, 2.75) is 38.6 Å². The van der Waals surface area contributed by atoms with Crippen LogP contribution in [0.5, 0.6) is 0 Å². The van der Waals surface area contributed by atoms with Crippen molar-refractivity contribution in [3.05, 3.63) is 71.2 Å². The van der Waals surface area contributed by atoms with Crippen molar-refractivity contribution in [1.29, 1.82) is 0 Å². The highest BCUT2D eigenvalue weighted by molar-refractivity contribution is 6.00. The Balaban J connectivity index is 1.70. The first-order chi connectivity index (χ1) is 11.6. The molecule has 4 nitrogen and oxygen atoms in total. The van der Waals surface area contributed by atoms with Crippen LogP contribution in [0.25, 0.3) is 5.65 Å². The number of benzene rings is 1. The van der Waals surface area contributed by atoms with Gasteiger partial charge < -0.3 is 9.72 Å². The standard InChI is InChI=1S/C20H21N3O/c1-14-9-12-21-18-16(10-13-23(14)18)19(24)22-20(2)11-5-7-15-6-3-4-8-17(15)20/h3-4,6,8-10,12-13H,5,7,11H2,1-2H3,(H,22,24). The van der Waals surface area contributed by atoms with E-state index in [4.69, 9.17) is 0 Å². The van der Waals surface area contributed by atoms with Crippen LogP contribution in [0.2, 0.25) is 0 Å². The first kappa shape index (κ1) is 14.9. The number of nitrogens with one attached hydrogen (secondary N) is 1. The van der Waals surface area contributed by atoms with E-state index in [1.807, 2.05) is 35.7 Å². The van der Waals surface area contributed by atoms with Gasteiger partial charge in [0.25, 0.3) is 5.91 Å². The van der Waals surface area contributed by atoms with Crippen LogP contribution in [-0.4, -0.2) is 15.3 Å². The first-order valence-corrected chi connectivity index (χ1v) is 8.42. The van der Waals surface area contributed by atoms with Crippen molar-refractivity contribution >= 4 is 11.6 Å². The number of rotatable bonds is 2. The number of amides is 1. The topological polar surface area (TPSA) is 46.4 Å². The minimum absolute atomic E-state index is 0.0604. The maximum atomic E-state index is 12.9. The molecule has 1 aliphatic rings. The first-order valence-electron chi connectivity index (χ1n) is 8.42. The largest absolute Gasteiger partial charge is 0.343 e. The second-order valence-corrected chi connectivity index (χ2v) is 6.81. The Morgan fingerprint density at radius 1 is 1.25 bits per heavy atom. The lowest BCUT2D eigenvalue weighted by Crippen LogP contribution is -2.45. The number of aryl methyl sites for hydroxylation is 2. The van der Waals surface area contributed by atoms with Gasteiger partial charge in [0.1, 0.15) is 5.65 Å². The van der Waals surface area contributed by atoms with Gasteiger partial charge in [-0.15, -0.1) is 0 Å². The molecule has 1 amide bonds. The van der Waals surface area contributed by atoms with Gasteiger partial charge in [-0.25, -0.2) is 4.98 Å². The van der Waals surface area contributed by atoms with Crippen molar-refractivity contribution < 1.29 is 4.79 Å². The van der Waals surface area contributed by atoms with Gasteiger partial charge >= 0.3 is 0 Å². The number of hydrogen-bond acceptors (Lipinski definition) is 2. The van der Waals surface area contributed by atoms with Gasteiger partial charge in [0.05, 0.1) is 11.1 Å². The number of carbonyl (C=O) groups excluding carboxylic acids is 1. The van der Waals surface area contributed by atoms with E-state index in [1.54, 1.807) is 6.20 Å². The van der Waals surface area contributed by atoms with E-state index < -0.39 is 0 Å². The van der Waals surface area contributed by atoms with Gasteiger partial charge in [0, 0.05) is 18.1 Å². The van der Waals surface area contributed by atoms with Gasteiger partial charge in [0.15, 0.2) is 0 Å². The lowest BCUT2D eigenvalue weighted by molar-refractivity contribution is 0.0896. The molecular formula is C20H21N3O. The normalized spacial score (nSPS) is 19.9. The van der Waals surface area contributed by atoms with Crippen LogP contribution in [0.3, 0.4) is 0 Å². The van der Waals surface area contributed by atoms with Crippen LogP contribution in [0.1, 0.15) is 46.9 Å². The molecule has 0 saturated carbocycles. The monoisotopic (exact) mass is 319 g/mol. The second-order valence-electron chi connectivity index (χ2n) is 6.81. The molecule has 0 saturated heterocycles. The molecule has 0 fully saturated rings. The van der Waals surface area contributed by atoms with Crippen molar-refractivity contribution in [2.75, 3.05) is 0 Å². The fraction of sp³-hybridized carbons (Fsp3) is 0.300. The molecular weight excluding hydrogens is 298 g/mol. The zero-order chi connectivity index (χ0) is 16.7. The molecule has 4 rings (SSSR count). The molecule has 1 aromatic carbocycles. The van der Waals surface area contributed by atoms with Crippen LogP contribution < -0.4 is 5.32 Å². The van der Waals surface area contributed by atoms with E-state index in [2.05, 4.69) is 35.4 Å². The third-order valence-corrected chi connectivity index (χ3v) is 5.12. The van der Waals surface area contributed by atoms with Crippen LogP contribution in [0.15, 0.2) is 48.8 Å². The van der Waals surface area contributed by atoms with Crippen molar-refractivity contribution in [3.8, 4) is 0 Å². The van der Waals surface area contributed by atoms with Gasteiger partial charge in [-0.2, -0.15) is 0 Å². The summed E-state index contributed by atoms with van der Waals surface area (Å²) in [4.78, 5) is 17.3. The van der Waals surface area contributed by atoms with Crippen molar-refractivity contribution in [2.24, 2.45) is 0 Å². The maximum Gasteiger partial charge on any atom is 0.255 e. The molecule has 1 unspecified atom stereocenters. The smallest absolute Gasteiger partial charge is 0.255 e. The molecule has 0 aliphatic heterocycles. The number of hydrogen-bond donors (Lipinski definition) is 1. The van der Waals surface area contributed by atoms with Crippen LogP contribution >= 0.6 is 0 Å². The van der Waals surface area contributed by atoms with E-state index in [1.165, 1.54) is 11.1 Å². The van der Waals surface area contributed by atoms with E-state index in [-0.39, 0.29) is 11.4 Å². The fourth-order valence-corrected chi connectivity index (χ4v) is 3.81. The van der Waals surface area contributed by atoms with Gasteiger partial charge in [-0.1, -0.05) is 24.3 Å². The summed E-state index contributed by atoms with van der Waals surface area (Å²) in [6.07, 6.45) is 6.77. The highest BCUT2D eigenvalue weighted by atomic mass is 16.1. The lowest BCUT2D eigenvalue weighted by atomic mass is 9.77. The highest BCUT2D eigenvalue weighted by Gasteiger charge is 2.33. The Bertz CT molecular complexity index is 928. The fourth-order valence-electron chi connectivity index (χ4n) is 3.81.